The molecule has 0 aliphatic heterocycles. The van der Waals surface area contributed by atoms with E-state index < -0.39 is 4.92 Å². The predicted octanol–water partition coefficient (Wildman–Crippen LogP) is 2.84. The average Bonchev–Trinajstić information content (AvgIpc) is 2.42. The second kappa shape index (κ2) is 2.85. The van der Waals surface area contributed by atoms with Crippen molar-refractivity contribution in [2.45, 2.75) is 0 Å². The SMILES string of the molecule is O=[N+]([O-])c1ccc2[nH]c(Br)cc2c1. The molecule has 0 radical (unpaired) electrons. The number of rotatable bonds is 1. The lowest BCUT2D eigenvalue weighted by Gasteiger charge is -1.90. The third-order valence-electron chi connectivity index (χ3n) is 1.78. The average molecular weight is 241 g/mol. The smallest absolute Gasteiger partial charge is 0.270 e. The van der Waals surface area contributed by atoms with Gasteiger partial charge in [-0.25, -0.2) is 0 Å². The first kappa shape index (κ1) is 8.25. The third-order valence-corrected chi connectivity index (χ3v) is 2.21. The van der Waals surface area contributed by atoms with Crippen molar-refractivity contribution >= 4 is 32.5 Å². The maximum atomic E-state index is 10.4. The fraction of sp³-hybridized carbons (Fsp3) is 0. The number of H-pyrrole nitrogens is 1. The molecule has 2 rings (SSSR count). The number of aromatic amines is 1. The first-order chi connectivity index (χ1) is 6.16. The molecule has 0 bridgehead atoms. The highest BCUT2D eigenvalue weighted by Gasteiger charge is 2.06. The largest absolute Gasteiger partial charge is 0.349 e. The van der Waals surface area contributed by atoms with Crippen molar-refractivity contribution in [3.8, 4) is 0 Å². The molecule has 0 aliphatic carbocycles. The van der Waals surface area contributed by atoms with E-state index in [1.165, 1.54) is 12.1 Å². The van der Waals surface area contributed by atoms with Crippen LogP contribution in [0.15, 0.2) is 28.9 Å². The van der Waals surface area contributed by atoms with Crippen molar-refractivity contribution in [1.29, 1.82) is 0 Å². The van der Waals surface area contributed by atoms with Crippen LogP contribution in [0.3, 0.4) is 0 Å². The Balaban J connectivity index is 2.67. The summed E-state index contributed by atoms with van der Waals surface area (Å²) in [6.45, 7) is 0. The van der Waals surface area contributed by atoms with E-state index >= 15 is 0 Å². The summed E-state index contributed by atoms with van der Waals surface area (Å²) >= 11 is 3.26. The van der Waals surface area contributed by atoms with Gasteiger partial charge in [-0.3, -0.25) is 10.1 Å². The molecular weight excluding hydrogens is 236 g/mol. The summed E-state index contributed by atoms with van der Waals surface area (Å²) < 4.78 is 0.822. The van der Waals surface area contributed by atoms with Crippen LogP contribution >= 0.6 is 15.9 Å². The maximum Gasteiger partial charge on any atom is 0.270 e. The van der Waals surface area contributed by atoms with Crippen LogP contribution in [0.25, 0.3) is 10.9 Å². The zero-order valence-electron chi connectivity index (χ0n) is 6.45. The monoisotopic (exact) mass is 240 g/mol. The lowest BCUT2D eigenvalue weighted by Crippen LogP contribution is -1.86. The van der Waals surface area contributed by atoms with Crippen molar-refractivity contribution in [1.82, 2.24) is 4.98 Å². The van der Waals surface area contributed by atoms with Crippen LogP contribution < -0.4 is 0 Å². The molecule has 5 heteroatoms. The molecule has 4 nitrogen and oxygen atoms in total. The van der Waals surface area contributed by atoms with Crippen molar-refractivity contribution in [2.24, 2.45) is 0 Å². The number of non-ortho nitro benzene ring substituents is 1. The number of nitro groups is 1. The molecule has 0 spiro atoms. The molecule has 1 N–H and O–H groups in total. The summed E-state index contributed by atoms with van der Waals surface area (Å²) in [4.78, 5) is 13.1. The maximum absolute atomic E-state index is 10.4. The summed E-state index contributed by atoms with van der Waals surface area (Å²) in [6, 6.07) is 6.52. The van der Waals surface area contributed by atoms with Gasteiger partial charge in [-0.15, -0.1) is 0 Å². The van der Waals surface area contributed by atoms with Crippen LogP contribution in [0.5, 0.6) is 0 Å². The second-order valence-corrected chi connectivity index (χ2v) is 3.50. The number of halogens is 1. The molecule has 0 saturated carbocycles. The molecule has 0 aliphatic rings. The van der Waals surface area contributed by atoms with E-state index in [4.69, 9.17) is 0 Å². The van der Waals surface area contributed by atoms with Crippen molar-refractivity contribution in [3.05, 3.63) is 39.0 Å². The fourth-order valence-corrected chi connectivity index (χ4v) is 1.66. The molecule has 0 saturated heterocycles. The van der Waals surface area contributed by atoms with Gasteiger partial charge in [0.15, 0.2) is 0 Å². The van der Waals surface area contributed by atoms with Crippen molar-refractivity contribution < 1.29 is 4.92 Å². The minimum absolute atomic E-state index is 0.110. The molecule has 1 heterocycles. The molecular formula is C8H5BrN2O2. The number of hydrogen-bond acceptors (Lipinski definition) is 2. The van der Waals surface area contributed by atoms with Crippen LogP contribution in [0, 0.1) is 10.1 Å². The molecule has 13 heavy (non-hydrogen) atoms. The van der Waals surface area contributed by atoms with E-state index in [9.17, 15) is 10.1 Å². The second-order valence-electron chi connectivity index (χ2n) is 2.65. The Morgan fingerprint density at radius 2 is 2.15 bits per heavy atom. The van der Waals surface area contributed by atoms with Crippen LogP contribution in [0.4, 0.5) is 5.69 Å². The normalized spacial score (nSPS) is 10.5. The standard InChI is InChI=1S/C8H5BrN2O2/c9-8-4-5-3-6(11(12)13)1-2-7(5)10-8/h1-4,10H. The Bertz CT molecular complexity index is 478. The topological polar surface area (TPSA) is 58.9 Å². The first-order valence-electron chi connectivity index (χ1n) is 3.59. The molecule has 0 fully saturated rings. The Hall–Kier alpha value is -1.36. The number of aromatic nitrogens is 1. The number of fused-ring (bicyclic) bond motifs is 1. The zero-order valence-corrected chi connectivity index (χ0v) is 8.04. The Labute approximate surface area is 81.8 Å². The Morgan fingerprint density at radius 3 is 2.85 bits per heavy atom. The molecule has 1 aromatic carbocycles. The summed E-state index contributed by atoms with van der Waals surface area (Å²) in [5.74, 6) is 0. The minimum atomic E-state index is -0.402. The Kier molecular flexibility index (Phi) is 1.81. The van der Waals surface area contributed by atoms with Crippen LogP contribution in [0.2, 0.25) is 0 Å². The summed E-state index contributed by atoms with van der Waals surface area (Å²) in [7, 11) is 0. The van der Waals surface area contributed by atoms with E-state index in [0.29, 0.717) is 0 Å². The van der Waals surface area contributed by atoms with E-state index in [1.807, 2.05) is 6.07 Å². The number of hydrogen-bond donors (Lipinski definition) is 1. The summed E-state index contributed by atoms with van der Waals surface area (Å²) in [5.41, 5.74) is 0.997. The lowest BCUT2D eigenvalue weighted by molar-refractivity contribution is -0.384. The number of nitrogens with zero attached hydrogens (tertiary/aromatic N) is 1. The van der Waals surface area contributed by atoms with Gasteiger partial charge in [-0.2, -0.15) is 0 Å². The van der Waals surface area contributed by atoms with Gasteiger partial charge in [-0.1, -0.05) is 0 Å². The summed E-state index contributed by atoms with van der Waals surface area (Å²) in [5, 5.41) is 11.3. The van der Waals surface area contributed by atoms with Crippen molar-refractivity contribution in [2.75, 3.05) is 0 Å². The van der Waals surface area contributed by atoms with E-state index in [-0.39, 0.29) is 5.69 Å². The Morgan fingerprint density at radius 1 is 1.38 bits per heavy atom. The summed E-state index contributed by atoms with van der Waals surface area (Å²) in [6.07, 6.45) is 0. The predicted molar refractivity (Wildman–Crippen MR) is 52.7 cm³/mol. The highest BCUT2D eigenvalue weighted by Crippen LogP contribution is 2.23. The molecule has 66 valence electrons. The lowest BCUT2D eigenvalue weighted by atomic mass is 10.2. The molecule has 0 atom stereocenters. The molecule has 1 aromatic heterocycles. The zero-order chi connectivity index (χ0) is 9.42. The number of benzene rings is 1. The van der Waals surface area contributed by atoms with Crippen LogP contribution in [-0.4, -0.2) is 9.91 Å². The molecule has 0 amide bonds. The van der Waals surface area contributed by atoms with Gasteiger partial charge in [0.1, 0.15) is 0 Å². The van der Waals surface area contributed by atoms with Gasteiger partial charge in [0.25, 0.3) is 5.69 Å². The van der Waals surface area contributed by atoms with Crippen LogP contribution in [-0.2, 0) is 0 Å². The fourth-order valence-electron chi connectivity index (χ4n) is 1.20. The van der Waals surface area contributed by atoms with E-state index in [0.717, 1.165) is 15.5 Å². The van der Waals surface area contributed by atoms with Crippen molar-refractivity contribution in [3.63, 3.8) is 0 Å². The molecule has 2 aromatic rings. The van der Waals surface area contributed by atoms with Gasteiger partial charge < -0.3 is 4.98 Å². The minimum Gasteiger partial charge on any atom is -0.349 e. The van der Waals surface area contributed by atoms with Crippen LogP contribution in [0.1, 0.15) is 0 Å². The quantitative estimate of drug-likeness (QED) is 0.616. The van der Waals surface area contributed by atoms with E-state index in [2.05, 4.69) is 20.9 Å². The highest BCUT2D eigenvalue weighted by atomic mass is 79.9. The third kappa shape index (κ3) is 1.42. The highest BCUT2D eigenvalue weighted by molar-refractivity contribution is 9.10. The van der Waals surface area contributed by atoms with Gasteiger partial charge in [0.05, 0.1) is 9.53 Å². The van der Waals surface area contributed by atoms with Gasteiger partial charge in [-0.05, 0) is 28.1 Å². The van der Waals surface area contributed by atoms with Gasteiger partial charge in [0.2, 0.25) is 0 Å². The first-order valence-corrected chi connectivity index (χ1v) is 4.39. The molecule has 0 unspecified atom stereocenters. The van der Waals surface area contributed by atoms with Gasteiger partial charge >= 0.3 is 0 Å². The number of nitrogens with one attached hydrogen (secondary N) is 1. The van der Waals surface area contributed by atoms with E-state index in [1.54, 1.807) is 6.07 Å². The van der Waals surface area contributed by atoms with Gasteiger partial charge in [0, 0.05) is 23.0 Å². The number of nitro benzene ring substituents is 1.